The molecule has 34 heavy (non-hydrogen) atoms. The van der Waals surface area contributed by atoms with Gasteiger partial charge in [-0.25, -0.2) is 0 Å². The monoisotopic (exact) mass is 508 g/mol. The summed E-state index contributed by atoms with van der Waals surface area (Å²) in [6, 6.07) is 12.6. The third-order valence-electron chi connectivity index (χ3n) is 6.94. The van der Waals surface area contributed by atoms with E-state index in [-0.39, 0.29) is 42.3 Å². The third-order valence-corrected chi connectivity index (χ3v) is 6.94. The predicted octanol–water partition coefficient (Wildman–Crippen LogP) is 3.44. The van der Waals surface area contributed by atoms with Gasteiger partial charge in [-0.15, -0.1) is 24.8 Å². The quantitative estimate of drug-likeness (QED) is 0.601. The summed E-state index contributed by atoms with van der Waals surface area (Å²) in [5.74, 6) is 0.228. The normalized spacial score (nSPS) is 19.0. The topological polar surface area (TPSA) is 66.4 Å². The fourth-order valence-electron chi connectivity index (χ4n) is 4.93. The number of hydrogen-bond donors (Lipinski definition) is 2. The summed E-state index contributed by atoms with van der Waals surface area (Å²) >= 11 is 0. The van der Waals surface area contributed by atoms with Crippen LogP contribution < -0.4 is 16.2 Å². The van der Waals surface area contributed by atoms with Crippen LogP contribution in [0, 0.1) is 12.8 Å². The van der Waals surface area contributed by atoms with E-state index < -0.39 is 0 Å². The van der Waals surface area contributed by atoms with Crippen LogP contribution in [0.15, 0.2) is 47.4 Å². The van der Waals surface area contributed by atoms with E-state index in [0.717, 1.165) is 70.4 Å². The van der Waals surface area contributed by atoms with Crippen LogP contribution >= 0.6 is 24.8 Å². The molecule has 8 heteroatoms. The molecule has 188 valence electrons. The molecule has 1 aromatic carbocycles. The highest BCUT2D eigenvalue weighted by atomic mass is 35.5. The number of pyridine rings is 1. The van der Waals surface area contributed by atoms with Crippen molar-refractivity contribution in [2.24, 2.45) is 5.92 Å². The number of carbonyl (C=O) groups excluding carboxylic acids is 1. The van der Waals surface area contributed by atoms with E-state index in [1.54, 1.807) is 4.57 Å². The largest absolute Gasteiger partial charge is 0.349 e. The minimum Gasteiger partial charge on any atom is -0.349 e. The van der Waals surface area contributed by atoms with Crippen molar-refractivity contribution in [3.05, 3.63) is 69.6 Å². The molecule has 0 saturated carbocycles. The van der Waals surface area contributed by atoms with E-state index in [0.29, 0.717) is 18.0 Å². The van der Waals surface area contributed by atoms with Crippen LogP contribution in [-0.4, -0.2) is 54.1 Å². The first-order chi connectivity index (χ1) is 15.6. The van der Waals surface area contributed by atoms with E-state index >= 15 is 0 Å². The maximum Gasteiger partial charge on any atom is 0.263 e. The van der Waals surface area contributed by atoms with Gasteiger partial charge in [0.25, 0.3) is 11.5 Å². The first kappa shape index (κ1) is 28.4. The molecule has 2 aromatic rings. The molecule has 2 aliphatic rings. The highest BCUT2D eigenvalue weighted by Crippen LogP contribution is 2.14. The van der Waals surface area contributed by atoms with Crippen molar-refractivity contribution in [1.29, 1.82) is 0 Å². The molecular weight excluding hydrogens is 471 g/mol. The van der Waals surface area contributed by atoms with Gasteiger partial charge < -0.3 is 20.1 Å². The Labute approximate surface area is 215 Å². The van der Waals surface area contributed by atoms with Gasteiger partial charge in [-0.2, -0.15) is 0 Å². The van der Waals surface area contributed by atoms with Crippen LogP contribution in [0.1, 0.15) is 47.2 Å². The van der Waals surface area contributed by atoms with Crippen molar-refractivity contribution >= 4 is 30.7 Å². The van der Waals surface area contributed by atoms with Gasteiger partial charge >= 0.3 is 0 Å². The molecule has 2 fully saturated rings. The molecule has 2 saturated heterocycles. The zero-order valence-electron chi connectivity index (χ0n) is 20.0. The number of piperidine rings is 2. The van der Waals surface area contributed by atoms with Crippen LogP contribution in [0.4, 0.5) is 0 Å². The van der Waals surface area contributed by atoms with Gasteiger partial charge in [-0.1, -0.05) is 30.3 Å². The average molecular weight is 510 g/mol. The second-order valence-electron chi connectivity index (χ2n) is 9.37. The maximum atomic E-state index is 13.1. The van der Waals surface area contributed by atoms with Gasteiger partial charge in [0.1, 0.15) is 5.56 Å². The number of amides is 1. The molecule has 1 unspecified atom stereocenters. The lowest BCUT2D eigenvalue weighted by atomic mass is 9.99. The number of nitrogens with zero attached hydrogens (tertiary/aromatic N) is 2. The minimum atomic E-state index is -0.216. The number of hydrogen-bond acceptors (Lipinski definition) is 4. The third kappa shape index (κ3) is 7.57. The lowest BCUT2D eigenvalue weighted by Crippen LogP contribution is -2.46. The Morgan fingerprint density at radius 3 is 2.50 bits per heavy atom. The van der Waals surface area contributed by atoms with Gasteiger partial charge in [0.05, 0.1) is 0 Å². The molecule has 0 aliphatic carbocycles. The Morgan fingerprint density at radius 1 is 1.09 bits per heavy atom. The molecule has 4 rings (SSSR count). The first-order valence-corrected chi connectivity index (χ1v) is 12.1. The van der Waals surface area contributed by atoms with Crippen LogP contribution in [0.25, 0.3) is 0 Å². The van der Waals surface area contributed by atoms with Crippen LogP contribution in [0.3, 0.4) is 0 Å². The van der Waals surface area contributed by atoms with Crippen molar-refractivity contribution in [2.45, 2.75) is 51.6 Å². The van der Waals surface area contributed by atoms with E-state index in [2.05, 4.69) is 39.8 Å². The molecule has 1 atom stereocenters. The second kappa shape index (κ2) is 13.9. The summed E-state index contributed by atoms with van der Waals surface area (Å²) in [6.45, 7) is 7.52. The van der Waals surface area contributed by atoms with E-state index in [9.17, 15) is 9.59 Å². The van der Waals surface area contributed by atoms with Gasteiger partial charge in [0.15, 0.2) is 0 Å². The molecule has 0 radical (unpaired) electrons. The zero-order chi connectivity index (χ0) is 22.3. The highest BCUT2D eigenvalue weighted by Gasteiger charge is 2.24. The Bertz CT molecular complexity index is 953. The summed E-state index contributed by atoms with van der Waals surface area (Å²) in [4.78, 5) is 28.6. The summed E-state index contributed by atoms with van der Waals surface area (Å²) in [5, 5.41) is 6.55. The number of carbonyl (C=O) groups is 1. The Balaban J connectivity index is 0.00000204. The number of aromatic nitrogens is 1. The molecule has 2 aliphatic heterocycles. The minimum absolute atomic E-state index is 0. The number of halogens is 2. The molecule has 1 aromatic heterocycles. The molecule has 6 nitrogen and oxygen atoms in total. The highest BCUT2D eigenvalue weighted by molar-refractivity contribution is 5.95. The SMILES string of the molecule is Cc1ccn(CC2CCCNC2)c(=O)c1C(=O)NC1CCN(CCc2ccccc2)CC1.Cl.Cl. The van der Waals surface area contributed by atoms with E-state index in [1.807, 2.05) is 25.3 Å². The number of likely N-dealkylation sites (tertiary alicyclic amines) is 1. The number of nitrogens with one attached hydrogen (secondary N) is 2. The number of rotatable bonds is 7. The maximum absolute atomic E-state index is 13.1. The Kier molecular flexibility index (Phi) is 11.6. The molecule has 1 amide bonds. The van der Waals surface area contributed by atoms with Crippen LogP contribution in [0.5, 0.6) is 0 Å². The first-order valence-electron chi connectivity index (χ1n) is 12.1. The molecule has 0 bridgehead atoms. The number of aryl methyl sites for hydroxylation is 1. The van der Waals surface area contributed by atoms with Gasteiger partial charge in [-0.3, -0.25) is 9.59 Å². The fourth-order valence-corrected chi connectivity index (χ4v) is 4.93. The van der Waals surface area contributed by atoms with Gasteiger partial charge in [-0.05, 0) is 75.2 Å². The van der Waals surface area contributed by atoms with E-state index in [4.69, 9.17) is 0 Å². The summed E-state index contributed by atoms with van der Waals surface area (Å²) in [5.41, 5.74) is 2.27. The van der Waals surface area contributed by atoms with E-state index in [1.165, 1.54) is 5.56 Å². The number of benzene rings is 1. The van der Waals surface area contributed by atoms with Crippen molar-refractivity contribution in [1.82, 2.24) is 20.1 Å². The van der Waals surface area contributed by atoms with Gasteiger partial charge in [0, 0.05) is 38.4 Å². The van der Waals surface area contributed by atoms with Crippen molar-refractivity contribution in [3.8, 4) is 0 Å². The lowest BCUT2D eigenvalue weighted by Gasteiger charge is -2.32. The Morgan fingerprint density at radius 2 is 1.82 bits per heavy atom. The fraction of sp³-hybridized carbons (Fsp3) is 0.538. The van der Waals surface area contributed by atoms with Crippen molar-refractivity contribution in [3.63, 3.8) is 0 Å². The molecule has 0 spiro atoms. The zero-order valence-corrected chi connectivity index (χ0v) is 21.6. The van der Waals surface area contributed by atoms with Crippen molar-refractivity contribution < 1.29 is 4.79 Å². The second-order valence-corrected chi connectivity index (χ2v) is 9.37. The standard InChI is InChI=1S/C26H36N4O2.2ClH/c1-20-9-17-30(19-22-8-5-13-27-18-22)26(32)24(20)25(31)28-23-11-15-29(16-12-23)14-10-21-6-3-2-4-7-21;;/h2-4,6-7,9,17,22-23,27H,5,8,10-16,18-19H2,1H3,(H,28,31);2*1H. The Hall–Kier alpha value is -1.86. The van der Waals surface area contributed by atoms with Crippen LogP contribution in [-0.2, 0) is 13.0 Å². The molecule has 3 heterocycles. The summed E-state index contributed by atoms with van der Waals surface area (Å²) in [6.07, 6.45) is 7.01. The van der Waals surface area contributed by atoms with Gasteiger partial charge in [0.2, 0.25) is 0 Å². The molecular formula is C26H38Cl2N4O2. The molecule has 2 N–H and O–H groups in total. The summed E-state index contributed by atoms with van der Waals surface area (Å²) in [7, 11) is 0. The average Bonchev–Trinajstić information content (AvgIpc) is 2.82. The van der Waals surface area contributed by atoms with Crippen molar-refractivity contribution in [2.75, 3.05) is 32.7 Å². The summed E-state index contributed by atoms with van der Waals surface area (Å²) < 4.78 is 1.73. The smallest absolute Gasteiger partial charge is 0.263 e. The lowest BCUT2D eigenvalue weighted by molar-refractivity contribution is 0.0908. The predicted molar refractivity (Wildman–Crippen MR) is 143 cm³/mol. The van der Waals surface area contributed by atoms with Crippen LogP contribution in [0.2, 0.25) is 0 Å².